The number of methoxy groups -OCH3 is 2. The Balaban J connectivity index is 0.000000145. The minimum Gasteiger partial charge on any atom is -0.468 e. The van der Waals surface area contributed by atoms with Crippen LogP contribution in [0.4, 0.5) is 17.6 Å². The molecule has 5 fully saturated rings. The molecule has 0 saturated carbocycles. The smallest absolute Gasteiger partial charge is 0.468 e. The summed E-state index contributed by atoms with van der Waals surface area (Å²) >= 11 is 3.58. The third-order valence-electron chi connectivity index (χ3n) is 23.0. The number of halogens is 5. The minimum absolute atomic E-state index is 0.0120. The van der Waals surface area contributed by atoms with Gasteiger partial charge < -0.3 is 37.1 Å². The van der Waals surface area contributed by atoms with Gasteiger partial charge in [0.15, 0.2) is 34.1 Å². The van der Waals surface area contributed by atoms with Gasteiger partial charge in [-0.15, -0.1) is 10.2 Å². The van der Waals surface area contributed by atoms with E-state index < -0.39 is 43.6 Å². The van der Waals surface area contributed by atoms with Crippen LogP contribution < -0.4 is 14.9 Å². The zero-order valence-electron chi connectivity index (χ0n) is 65.7. The molecule has 0 aliphatic carbocycles. The summed E-state index contributed by atoms with van der Waals surface area (Å²) in [4.78, 5) is 52.4. The Morgan fingerprint density at radius 2 is 0.912 bits per heavy atom. The molecule has 5 aliphatic heterocycles. The second kappa shape index (κ2) is 33.5. The fourth-order valence-corrected chi connectivity index (χ4v) is 16.5. The number of fused-ring (bicyclic) bond motifs is 4. The molecule has 5 aliphatic rings. The number of oxazole rings is 2. The van der Waals surface area contributed by atoms with Gasteiger partial charge in [0.1, 0.15) is 34.6 Å². The fourth-order valence-electron chi connectivity index (χ4n) is 16.1. The molecule has 2 atom stereocenters. The van der Waals surface area contributed by atoms with Crippen molar-refractivity contribution in [3.63, 3.8) is 0 Å². The Kier molecular flexibility index (Phi) is 23.3. The Hall–Kier alpha value is -9.94. The number of ether oxygens (including phenoxy) is 4. The molecule has 0 bridgehead atoms. The summed E-state index contributed by atoms with van der Waals surface area (Å²) in [6.45, 7) is 18.4. The van der Waals surface area contributed by atoms with Crippen LogP contribution in [0, 0.1) is 27.7 Å². The van der Waals surface area contributed by atoms with E-state index in [-0.39, 0.29) is 36.5 Å². The van der Waals surface area contributed by atoms with E-state index in [4.69, 9.17) is 57.1 Å². The standard InChI is InChI=1S/C40H40F2N6O4.C28H33BF2N2O6.C18H19BrN4/c1-24-28(9-6-11-30(24)37-44-36-15-14-26(22-48(36)45-37)21-46-16-4-5-17-46)29-10-7-12-31(25(29)2)38-43-32-19-27(34(52-40(41)42)20-35(32)51-38)23-47-18-8-13-33(47)39(49)50-3;1-16-18(9-7-10-19(16)29-38-27(2,3)28(4,5)39-29)24-32-20-13-17(22(37-26(30)31)14-23(20)36-24)15-33-12-8-11-21(33)25(34)35-6;1-13-15(5-4-6-16(13)19)18-20-17-8-7-14(12-23(17)21-18)11-22-9-2-3-10-22/h6-7,9-12,14-15,19-20,22,33,40H,4-5,8,13,16-18,21,23H2,1-3H3;7,9-10,13-14,21,26H,8,11-12,15H2,1-6H3;4-8,12H,2-3,9-11H2,1H3/t33-;21-;/m00./s1. The van der Waals surface area contributed by atoms with Crippen LogP contribution >= 0.6 is 15.9 Å². The number of hydrogen-bond acceptors (Lipinski definition) is 20. The second-order valence-electron chi connectivity index (χ2n) is 30.9. The van der Waals surface area contributed by atoms with Crippen molar-refractivity contribution in [3.05, 3.63) is 183 Å². The highest BCUT2D eigenvalue weighted by Crippen LogP contribution is 2.42. The zero-order valence-corrected chi connectivity index (χ0v) is 67.2. The molecule has 6 aromatic carbocycles. The molecule has 11 heterocycles. The average molecular weight is 1620 g/mol. The Morgan fingerprint density at radius 1 is 0.500 bits per heavy atom. The number of carbonyl (C=O) groups excluding carboxylic acids is 2. The average Bonchev–Trinajstić information content (AvgIpc) is 1.60. The zero-order chi connectivity index (χ0) is 79.9. The van der Waals surface area contributed by atoms with E-state index in [0.717, 1.165) is 116 Å². The fraction of sp³-hybridized carbons (Fsp3) is 0.395. The maximum atomic E-state index is 13.5. The number of alkyl halides is 4. The molecule has 594 valence electrons. The first-order valence-electron chi connectivity index (χ1n) is 38.8. The van der Waals surface area contributed by atoms with E-state index >= 15 is 0 Å². The van der Waals surface area contributed by atoms with Crippen molar-refractivity contribution in [2.75, 3.05) is 53.5 Å². The van der Waals surface area contributed by atoms with Crippen molar-refractivity contribution in [2.45, 2.75) is 169 Å². The number of nitrogens with zero attached hydrogens (tertiary/aromatic N) is 12. The third kappa shape index (κ3) is 16.8. The molecule has 6 aromatic heterocycles. The van der Waals surface area contributed by atoms with E-state index in [1.165, 1.54) is 81.8 Å². The van der Waals surface area contributed by atoms with Crippen molar-refractivity contribution in [1.29, 1.82) is 0 Å². The number of likely N-dealkylation sites (tertiary alicyclic amines) is 4. The van der Waals surface area contributed by atoms with Gasteiger partial charge in [-0.05, 0) is 238 Å². The first-order valence-corrected chi connectivity index (χ1v) is 39.6. The van der Waals surface area contributed by atoms with E-state index in [0.29, 0.717) is 76.9 Å². The Bertz CT molecular complexity index is 5530. The van der Waals surface area contributed by atoms with Gasteiger partial charge in [0.25, 0.3) is 0 Å². The van der Waals surface area contributed by atoms with E-state index in [2.05, 4.69) is 98.5 Å². The van der Waals surface area contributed by atoms with Crippen LogP contribution in [0.25, 0.3) is 90.3 Å². The normalized spacial score (nSPS) is 17.9. The lowest BCUT2D eigenvalue weighted by Gasteiger charge is -2.32. The Labute approximate surface area is 667 Å². The van der Waals surface area contributed by atoms with Crippen molar-refractivity contribution in [2.24, 2.45) is 0 Å². The highest BCUT2D eigenvalue weighted by atomic mass is 79.9. The molecule has 0 amide bonds. The minimum atomic E-state index is -3.03. The summed E-state index contributed by atoms with van der Waals surface area (Å²) in [5.41, 5.74) is 16.3. The van der Waals surface area contributed by atoms with Crippen LogP contribution in [0.15, 0.2) is 147 Å². The molecule has 12 aromatic rings. The second-order valence-corrected chi connectivity index (χ2v) is 31.8. The number of esters is 2. The molecule has 5 saturated heterocycles. The lowest BCUT2D eigenvalue weighted by Crippen LogP contribution is -2.41. The van der Waals surface area contributed by atoms with Crippen LogP contribution in [0.2, 0.25) is 0 Å². The van der Waals surface area contributed by atoms with Gasteiger partial charge in [-0.3, -0.25) is 29.2 Å². The molecular formula is C86H92BBrF4N12O10. The lowest BCUT2D eigenvalue weighted by atomic mass is 9.75. The van der Waals surface area contributed by atoms with E-state index in [9.17, 15) is 27.2 Å². The molecule has 22 nitrogen and oxygen atoms in total. The number of hydrogen-bond donors (Lipinski definition) is 0. The molecular weight excluding hydrogens is 1530 g/mol. The number of aromatic nitrogens is 8. The van der Waals surface area contributed by atoms with Gasteiger partial charge in [-0.25, -0.2) is 29.0 Å². The SMILES string of the molecule is COC(=O)[C@@H]1CCCN1Cc1cc2nc(-c3cccc(-c4cccc(-c5nc6ccc(CN7CCCC7)cn6n5)c4C)c3C)oc2cc1OC(F)F.COC(=O)[C@@H]1CCCN1Cc1cc2nc(-c3cccc(B4OC(C)(C)C(C)(C)O4)c3C)oc2cc1OC(F)F.Cc1c(Br)cccc1-c1nc2ccc(CN3CCCC3)cn2n1. The number of pyridine rings is 2. The predicted octanol–water partition coefficient (Wildman–Crippen LogP) is 16.7. The van der Waals surface area contributed by atoms with Crippen molar-refractivity contribution >= 4 is 73.9 Å². The summed E-state index contributed by atoms with van der Waals surface area (Å²) in [5, 5.41) is 9.57. The van der Waals surface area contributed by atoms with Gasteiger partial charge in [-0.2, -0.15) is 17.6 Å². The summed E-state index contributed by atoms with van der Waals surface area (Å²) in [5.74, 6) is 1.44. The highest BCUT2D eigenvalue weighted by Gasteiger charge is 2.52. The third-order valence-corrected chi connectivity index (χ3v) is 23.9. The topological polar surface area (TPSA) is 215 Å². The number of benzene rings is 6. The summed E-state index contributed by atoms with van der Waals surface area (Å²) in [6, 6.07) is 37.8. The highest BCUT2D eigenvalue weighted by molar-refractivity contribution is 9.10. The Morgan fingerprint density at radius 3 is 1.37 bits per heavy atom. The summed E-state index contributed by atoms with van der Waals surface area (Å²) in [7, 11) is 2.14. The van der Waals surface area contributed by atoms with E-state index in [1.54, 1.807) is 12.1 Å². The van der Waals surface area contributed by atoms with Crippen molar-refractivity contribution in [3.8, 4) is 68.3 Å². The molecule has 0 radical (unpaired) electrons. The van der Waals surface area contributed by atoms with Gasteiger partial charge >= 0.3 is 32.3 Å². The molecule has 17 rings (SSSR count). The monoisotopic (exact) mass is 1620 g/mol. The maximum absolute atomic E-state index is 13.5. The quantitative estimate of drug-likeness (QED) is 0.0394. The van der Waals surface area contributed by atoms with Crippen molar-refractivity contribution in [1.82, 2.24) is 58.8 Å². The van der Waals surface area contributed by atoms with Crippen LogP contribution in [0.3, 0.4) is 0 Å². The van der Waals surface area contributed by atoms with Gasteiger partial charge in [0, 0.05) is 88.6 Å². The summed E-state index contributed by atoms with van der Waals surface area (Å²) < 4.78 is 103. The summed E-state index contributed by atoms with van der Waals surface area (Å²) in [6.07, 6.45) is 12.2. The molecule has 0 unspecified atom stereocenters. The van der Waals surface area contributed by atoms with Crippen LogP contribution in [-0.4, -0.2) is 168 Å². The first-order chi connectivity index (χ1) is 54.9. The number of rotatable bonds is 20. The number of carbonyl (C=O) groups is 2. The first kappa shape index (κ1) is 79.3. The molecule has 0 spiro atoms. The van der Waals surface area contributed by atoms with Gasteiger partial charge in [0.2, 0.25) is 11.8 Å². The van der Waals surface area contributed by atoms with E-state index in [1.807, 2.05) is 121 Å². The molecule has 114 heavy (non-hydrogen) atoms. The van der Waals surface area contributed by atoms with Crippen LogP contribution in [0.1, 0.15) is 124 Å². The molecule has 0 N–H and O–H groups in total. The predicted molar refractivity (Wildman–Crippen MR) is 430 cm³/mol. The van der Waals surface area contributed by atoms with Gasteiger partial charge in [-0.1, -0.05) is 82.7 Å². The maximum Gasteiger partial charge on any atom is 0.495 e. The van der Waals surface area contributed by atoms with Gasteiger partial charge in [0.05, 0.1) is 25.4 Å². The van der Waals surface area contributed by atoms with Crippen molar-refractivity contribution < 1.29 is 64.2 Å². The van der Waals surface area contributed by atoms with Crippen LogP contribution in [0.5, 0.6) is 11.5 Å². The molecule has 28 heteroatoms. The largest absolute Gasteiger partial charge is 0.495 e. The lowest BCUT2D eigenvalue weighted by molar-refractivity contribution is -0.146. The van der Waals surface area contributed by atoms with Crippen LogP contribution in [-0.2, 0) is 54.6 Å².